The number of aryl methyl sites for hydroxylation is 2. The van der Waals surface area contributed by atoms with Crippen LogP contribution in [0.2, 0.25) is 0 Å². The van der Waals surface area contributed by atoms with E-state index in [1.807, 2.05) is 13.0 Å². The predicted molar refractivity (Wildman–Crippen MR) is 67.8 cm³/mol. The van der Waals surface area contributed by atoms with Gasteiger partial charge in [0.15, 0.2) is 5.82 Å². The van der Waals surface area contributed by atoms with Gasteiger partial charge in [-0.2, -0.15) is 0 Å². The first kappa shape index (κ1) is 11.4. The molecular weight excluding hydrogens is 217 g/mol. The Balaban J connectivity index is 2.28. The summed E-state index contributed by atoms with van der Waals surface area (Å²) in [4.78, 5) is 4.17. The maximum absolute atomic E-state index is 13.4. The van der Waals surface area contributed by atoms with E-state index in [4.69, 9.17) is 5.73 Å². The number of halogens is 1. The van der Waals surface area contributed by atoms with Crippen molar-refractivity contribution in [1.29, 1.82) is 0 Å². The van der Waals surface area contributed by atoms with E-state index in [2.05, 4.69) is 10.3 Å². The number of benzene rings is 1. The minimum atomic E-state index is -0.249. The van der Waals surface area contributed by atoms with E-state index < -0.39 is 0 Å². The molecule has 0 atom stereocenters. The van der Waals surface area contributed by atoms with Crippen LogP contribution in [0.1, 0.15) is 11.1 Å². The van der Waals surface area contributed by atoms with Gasteiger partial charge >= 0.3 is 0 Å². The smallest absolute Gasteiger partial charge is 0.153 e. The molecule has 0 saturated heterocycles. The van der Waals surface area contributed by atoms with Crippen LogP contribution in [0.4, 0.5) is 21.6 Å². The molecule has 0 amide bonds. The Bertz CT molecular complexity index is 552. The van der Waals surface area contributed by atoms with Gasteiger partial charge in [0.25, 0.3) is 0 Å². The topological polar surface area (TPSA) is 50.9 Å². The molecule has 0 aliphatic carbocycles. The number of nitrogens with one attached hydrogen (secondary N) is 1. The van der Waals surface area contributed by atoms with Gasteiger partial charge in [-0.05, 0) is 43.2 Å². The van der Waals surface area contributed by atoms with Crippen LogP contribution < -0.4 is 11.1 Å². The highest BCUT2D eigenvalue weighted by Gasteiger charge is 2.03. The van der Waals surface area contributed by atoms with Gasteiger partial charge < -0.3 is 11.1 Å². The van der Waals surface area contributed by atoms with Gasteiger partial charge in [-0.15, -0.1) is 0 Å². The largest absolute Gasteiger partial charge is 0.396 e. The number of nitrogen functional groups attached to an aromatic ring is 1. The second-order valence-electron chi connectivity index (χ2n) is 4.04. The molecule has 88 valence electrons. The molecule has 0 aliphatic rings. The van der Waals surface area contributed by atoms with E-state index in [1.54, 1.807) is 25.3 Å². The number of anilines is 3. The zero-order valence-corrected chi connectivity index (χ0v) is 9.79. The van der Waals surface area contributed by atoms with E-state index in [0.717, 1.165) is 5.56 Å². The average Bonchev–Trinajstić information content (AvgIpc) is 2.27. The zero-order valence-electron chi connectivity index (χ0n) is 9.79. The molecule has 0 fully saturated rings. The minimum Gasteiger partial charge on any atom is -0.396 e. The molecule has 0 saturated carbocycles. The zero-order chi connectivity index (χ0) is 12.4. The third-order valence-corrected chi connectivity index (χ3v) is 2.49. The third-order valence-electron chi connectivity index (χ3n) is 2.49. The van der Waals surface area contributed by atoms with Gasteiger partial charge in [0.05, 0.1) is 5.69 Å². The van der Waals surface area contributed by atoms with E-state index in [0.29, 0.717) is 22.8 Å². The fraction of sp³-hybridized carbons (Fsp3) is 0.154. The molecule has 3 N–H and O–H groups in total. The lowest BCUT2D eigenvalue weighted by atomic mass is 10.2. The van der Waals surface area contributed by atoms with Crippen molar-refractivity contribution in [3.8, 4) is 0 Å². The van der Waals surface area contributed by atoms with E-state index in [1.165, 1.54) is 6.07 Å². The standard InChI is InChI=1S/C13H14FN3/c1-8-5-12(15)13(16-7-8)17-10-4-3-9(2)11(14)6-10/h3-7H,15H2,1-2H3,(H,16,17). The van der Waals surface area contributed by atoms with Crippen LogP contribution in [0, 0.1) is 19.7 Å². The Morgan fingerprint density at radius 3 is 2.65 bits per heavy atom. The Kier molecular flexibility index (Phi) is 2.95. The van der Waals surface area contributed by atoms with Crippen molar-refractivity contribution in [1.82, 2.24) is 4.98 Å². The normalized spacial score (nSPS) is 10.3. The SMILES string of the molecule is Cc1cnc(Nc2ccc(C)c(F)c2)c(N)c1. The van der Waals surface area contributed by atoms with Gasteiger partial charge in [-0.1, -0.05) is 6.07 Å². The maximum Gasteiger partial charge on any atom is 0.153 e. The number of hydrogen-bond acceptors (Lipinski definition) is 3. The van der Waals surface area contributed by atoms with E-state index in [-0.39, 0.29) is 5.82 Å². The summed E-state index contributed by atoms with van der Waals surface area (Å²) in [5, 5.41) is 2.99. The lowest BCUT2D eigenvalue weighted by Gasteiger charge is -2.09. The van der Waals surface area contributed by atoms with Gasteiger partial charge in [0.1, 0.15) is 5.82 Å². The summed E-state index contributed by atoms with van der Waals surface area (Å²) in [5.41, 5.74) is 8.60. The molecule has 0 aliphatic heterocycles. The highest BCUT2D eigenvalue weighted by atomic mass is 19.1. The minimum absolute atomic E-state index is 0.249. The molecule has 0 spiro atoms. The fourth-order valence-corrected chi connectivity index (χ4v) is 1.50. The van der Waals surface area contributed by atoms with Crippen molar-refractivity contribution < 1.29 is 4.39 Å². The summed E-state index contributed by atoms with van der Waals surface area (Å²) in [7, 11) is 0. The second-order valence-corrected chi connectivity index (χ2v) is 4.04. The first-order valence-corrected chi connectivity index (χ1v) is 5.31. The van der Waals surface area contributed by atoms with Gasteiger partial charge in [-0.3, -0.25) is 0 Å². The molecule has 0 unspecified atom stereocenters. The first-order chi connectivity index (χ1) is 8.06. The summed E-state index contributed by atoms with van der Waals surface area (Å²) in [6.45, 7) is 3.64. The number of rotatable bonds is 2. The van der Waals surface area contributed by atoms with Crippen LogP contribution in [-0.2, 0) is 0 Å². The number of nitrogens with zero attached hydrogens (tertiary/aromatic N) is 1. The lowest BCUT2D eigenvalue weighted by Crippen LogP contribution is -2.00. The molecule has 2 rings (SSSR count). The molecule has 2 aromatic rings. The highest BCUT2D eigenvalue weighted by molar-refractivity contribution is 5.69. The van der Waals surface area contributed by atoms with Crippen molar-refractivity contribution in [3.05, 3.63) is 47.4 Å². The molecule has 0 radical (unpaired) electrons. The Morgan fingerprint density at radius 2 is 2.00 bits per heavy atom. The monoisotopic (exact) mass is 231 g/mol. The maximum atomic E-state index is 13.4. The molecule has 1 heterocycles. The van der Waals surface area contributed by atoms with Crippen molar-refractivity contribution in [2.45, 2.75) is 13.8 Å². The van der Waals surface area contributed by atoms with Crippen LogP contribution in [0.3, 0.4) is 0 Å². The Labute approximate surface area is 99.5 Å². The number of aromatic nitrogens is 1. The Hall–Kier alpha value is -2.10. The molecule has 1 aromatic heterocycles. The van der Waals surface area contributed by atoms with Crippen LogP contribution in [0.5, 0.6) is 0 Å². The lowest BCUT2D eigenvalue weighted by molar-refractivity contribution is 0.619. The average molecular weight is 231 g/mol. The number of hydrogen-bond donors (Lipinski definition) is 2. The summed E-state index contributed by atoms with van der Waals surface area (Å²) in [5.74, 6) is 0.291. The van der Waals surface area contributed by atoms with E-state index in [9.17, 15) is 4.39 Å². The van der Waals surface area contributed by atoms with Crippen molar-refractivity contribution >= 4 is 17.2 Å². The van der Waals surface area contributed by atoms with Crippen molar-refractivity contribution in [2.24, 2.45) is 0 Å². The fourth-order valence-electron chi connectivity index (χ4n) is 1.50. The summed E-state index contributed by atoms with van der Waals surface area (Å²) in [6, 6.07) is 6.75. The van der Waals surface area contributed by atoms with Gasteiger partial charge in [0, 0.05) is 11.9 Å². The summed E-state index contributed by atoms with van der Waals surface area (Å²) < 4.78 is 13.4. The summed E-state index contributed by atoms with van der Waals surface area (Å²) >= 11 is 0. The highest BCUT2D eigenvalue weighted by Crippen LogP contribution is 2.22. The molecule has 3 nitrogen and oxygen atoms in total. The molecular formula is C13H14FN3. The van der Waals surface area contributed by atoms with Crippen LogP contribution >= 0.6 is 0 Å². The summed E-state index contributed by atoms with van der Waals surface area (Å²) in [6.07, 6.45) is 1.71. The van der Waals surface area contributed by atoms with Gasteiger partial charge in [-0.25, -0.2) is 9.37 Å². The molecule has 0 bridgehead atoms. The molecule has 1 aromatic carbocycles. The predicted octanol–water partition coefficient (Wildman–Crippen LogP) is 3.16. The molecule has 4 heteroatoms. The van der Waals surface area contributed by atoms with Gasteiger partial charge in [0.2, 0.25) is 0 Å². The number of pyridine rings is 1. The second kappa shape index (κ2) is 4.41. The van der Waals surface area contributed by atoms with E-state index >= 15 is 0 Å². The van der Waals surface area contributed by atoms with Crippen LogP contribution in [-0.4, -0.2) is 4.98 Å². The van der Waals surface area contributed by atoms with Crippen molar-refractivity contribution in [2.75, 3.05) is 11.1 Å². The quantitative estimate of drug-likeness (QED) is 0.834. The third kappa shape index (κ3) is 2.53. The van der Waals surface area contributed by atoms with Crippen LogP contribution in [0.25, 0.3) is 0 Å². The number of nitrogens with two attached hydrogens (primary N) is 1. The van der Waals surface area contributed by atoms with Crippen molar-refractivity contribution in [3.63, 3.8) is 0 Å². The first-order valence-electron chi connectivity index (χ1n) is 5.31. The Morgan fingerprint density at radius 1 is 1.24 bits per heavy atom. The molecule has 17 heavy (non-hydrogen) atoms. The van der Waals surface area contributed by atoms with Crippen LogP contribution in [0.15, 0.2) is 30.5 Å².